The highest BCUT2D eigenvalue weighted by molar-refractivity contribution is 6.03. The van der Waals surface area contributed by atoms with Crippen LogP contribution in [0.3, 0.4) is 0 Å². The summed E-state index contributed by atoms with van der Waals surface area (Å²) >= 11 is 0. The van der Waals surface area contributed by atoms with Gasteiger partial charge >= 0.3 is 6.09 Å². The number of carbonyl (C=O) groups excluding carboxylic acids is 1. The molecule has 16 heteroatoms. The minimum atomic E-state index is -1.68. The zero-order chi connectivity index (χ0) is 51.6. The molecule has 1 fully saturated rings. The summed E-state index contributed by atoms with van der Waals surface area (Å²) in [5.74, 6) is -1.78. The smallest absolute Gasteiger partial charge is 0.416 e. The number of rotatable bonds is 22. The number of ether oxygens (including phenoxy) is 4. The second kappa shape index (κ2) is 23.3. The van der Waals surface area contributed by atoms with E-state index in [-0.39, 0.29) is 74.1 Å². The van der Waals surface area contributed by atoms with E-state index in [1.54, 1.807) is 35.2 Å². The second-order valence-electron chi connectivity index (χ2n) is 18.8. The summed E-state index contributed by atoms with van der Waals surface area (Å²) in [5.41, 5.74) is 3.54. The maximum absolute atomic E-state index is 15.4. The lowest BCUT2D eigenvalue weighted by Crippen LogP contribution is -2.70. The molecule has 1 heterocycles. The third kappa shape index (κ3) is 11.0. The SMILES string of the molecule is C=CCO[C@@]12Oc3ccc(Oc4cccc([N+](=O)[O-])c4)cc3[C@H]3[C@H](CCCCO)[C@@H](CCCCO)C=C(C(=NOCc4ccccc4)C[C@@H]1N(Cc1cccc4ccccc14)C(=O)Oc1ccc([N+](=O)[O-])cc1)[C@H]32. The van der Waals surface area contributed by atoms with Gasteiger partial charge in [0.1, 0.15) is 35.6 Å². The number of unbranched alkanes of at least 4 members (excludes halogenated alkanes) is 2. The van der Waals surface area contributed by atoms with Crippen LogP contribution in [0.2, 0.25) is 0 Å². The van der Waals surface area contributed by atoms with Crippen LogP contribution in [-0.2, 0) is 22.7 Å². The van der Waals surface area contributed by atoms with E-state index in [1.807, 2.05) is 78.9 Å². The maximum atomic E-state index is 15.4. The molecule has 0 radical (unpaired) electrons. The summed E-state index contributed by atoms with van der Waals surface area (Å²) in [6, 6.07) is 39.1. The van der Waals surface area contributed by atoms with Gasteiger partial charge in [-0.3, -0.25) is 25.1 Å². The summed E-state index contributed by atoms with van der Waals surface area (Å²) in [5, 5.41) is 50.5. The average molecular weight is 1000 g/mol. The normalized spacial score (nSPS) is 21.1. The lowest BCUT2D eigenvalue weighted by Gasteiger charge is -2.59. The first-order chi connectivity index (χ1) is 36.1. The van der Waals surface area contributed by atoms with E-state index in [0.29, 0.717) is 49.3 Å². The van der Waals surface area contributed by atoms with Gasteiger partial charge in [0.25, 0.3) is 11.4 Å². The lowest BCUT2D eigenvalue weighted by atomic mass is 9.55. The average Bonchev–Trinajstić information content (AvgIpc) is 3.41. The number of aliphatic hydroxyl groups excluding tert-OH is 2. The van der Waals surface area contributed by atoms with Crippen molar-refractivity contribution in [1.82, 2.24) is 4.90 Å². The Labute approximate surface area is 428 Å². The number of hydrogen-bond donors (Lipinski definition) is 2. The quantitative estimate of drug-likeness (QED) is 0.0282. The zero-order valence-corrected chi connectivity index (χ0v) is 40.8. The molecule has 6 aromatic carbocycles. The Hall–Kier alpha value is -7.92. The Morgan fingerprint density at radius 3 is 2.26 bits per heavy atom. The van der Waals surface area contributed by atoms with Gasteiger partial charge in [-0.05, 0) is 101 Å². The number of carbonyl (C=O) groups is 1. The number of nitrogens with zero attached hydrogens (tertiary/aromatic N) is 4. The highest BCUT2D eigenvalue weighted by Gasteiger charge is 2.66. The molecule has 74 heavy (non-hydrogen) atoms. The van der Waals surface area contributed by atoms with Crippen LogP contribution in [-0.4, -0.2) is 68.4 Å². The van der Waals surface area contributed by atoms with E-state index in [2.05, 4.69) is 12.7 Å². The largest absolute Gasteiger partial charge is 0.459 e. The highest BCUT2D eigenvalue weighted by atomic mass is 16.7. The molecule has 382 valence electrons. The van der Waals surface area contributed by atoms with E-state index in [4.69, 9.17) is 28.9 Å². The van der Waals surface area contributed by atoms with Crippen molar-refractivity contribution in [3.8, 4) is 23.0 Å². The van der Waals surface area contributed by atoms with Crippen molar-refractivity contribution in [2.45, 2.75) is 75.8 Å². The third-order valence-electron chi connectivity index (χ3n) is 14.2. The minimum Gasteiger partial charge on any atom is -0.459 e. The van der Waals surface area contributed by atoms with Gasteiger partial charge in [0.05, 0.1) is 40.7 Å². The monoisotopic (exact) mass is 1000 g/mol. The first-order valence-electron chi connectivity index (χ1n) is 25.0. The van der Waals surface area contributed by atoms with Crippen LogP contribution in [0.15, 0.2) is 169 Å². The number of non-ortho nitro benzene ring substituents is 2. The van der Waals surface area contributed by atoms with Crippen molar-refractivity contribution in [1.29, 1.82) is 0 Å². The number of nitro groups is 2. The van der Waals surface area contributed by atoms with Gasteiger partial charge < -0.3 is 34.0 Å². The fraction of sp³-hybridized carbons (Fsp3) is 0.310. The molecule has 2 N–H and O–H groups in total. The molecule has 16 nitrogen and oxygen atoms in total. The van der Waals surface area contributed by atoms with Gasteiger partial charge in [-0.2, -0.15) is 0 Å². The number of nitro benzene ring substituents is 2. The van der Waals surface area contributed by atoms with E-state index < -0.39 is 39.6 Å². The molecule has 9 rings (SSSR count). The van der Waals surface area contributed by atoms with Gasteiger partial charge in [0, 0.05) is 49.3 Å². The molecule has 3 aliphatic rings. The maximum Gasteiger partial charge on any atom is 0.416 e. The summed E-state index contributed by atoms with van der Waals surface area (Å²) in [7, 11) is 0. The molecule has 0 spiro atoms. The Kier molecular flexibility index (Phi) is 16.1. The molecule has 0 saturated heterocycles. The van der Waals surface area contributed by atoms with Gasteiger partial charge in [-0.15, -0.1) is 6.58 Å². The third-order valence-corrected chi connectivity index (χ3v) is 14.2. The van der Waals surface area contributed by atoms with Crippen molar-refractivity contribution in [3.05, 3.63) is 201 Å². The van der Waals surface area contributed by atoms with Crippen LogP contribution >= 0.6 is 0 Å². The molecule has 0 aromatic heterocycles. The number of fused-ring (bicyclic) bond motifs is 3. The number of amides is 1. The summed E-state index contributed by atoms with van der Waals surface area (Å²) in [6.07, 6.45) is 7.11. The number of hydrogen-bond acceptors (Lipinski definition) is 13. The van der Waals surface area contributed by atoms with Crippen molar-refractivity contribution in [3.63, 3.8) is 0 Å². The van der Waals surface area contributed by atoms with Crippen molar-refractivity contribution in [2.24, 2.45) is 22.9 Å². The molecule has 2 aliphatic carbocycles. The van der Waals surface area contributed by atoms with Crippen LogP contribution in [0.1, 0.15) is 67.6 Å². The summed E-state index contributed by atoms with van der Waals surface area (Å²) < 4.78 is 27.3. The Morgan fingerprint density at radius 2 is 1.50 bits per heavy atom. The van der Waals surface area contributed by atoms with Crippen LogP contribution < -0.4 is 14.2 Å². The van der Waals surface area contributed by atoms with Crippen LogP contribution in [0.25, 0.3) is 10.8 Å². The number of benzene rings is 6. The second-order valence-corrected chi connectivity index (χ2v) is 18.8. The van der Waals surface area contributed by atoms with E-state index in [0.717, 1.165) is 39.5 Å². The van der Waals surface area contributed by atoms with Crippen molar-refractivity contribution in [2.75, 3.05) is 19.8 Å². The number of aliphatic hydroxyl groups is 2. The van der Waals surface area contributed by atoms with Gasteiger partial charge in [0.2, 0.25) is 5.79 Å². The fourth-order valence-electron chi connectivity index (χ4n) is 11.0. The molecule has 0 bridgehead atoms. The predicted molar refractivity (Wildman–Crippen MR) is 278 cm³/mol. The first-order valence-corrected chi connectivity index (χ1v) is 25.0. The van der Waals surface area contributed by atoms with Crippen molar-refractivity contribution < 1.29 is 48.6 Å². The molecule has 6 atom stereocenters. The molecular weight excluding hydrogens is 945 g/mol. The van der Waals surface area contributed by atoms with Crippen LogP contribution in [0.5, 0.6) is 23.0 Å². The Morgan fingerprint density at radius 1 is 0.797 bits per heavy atom. The predicted octanol–water partition coefficient (Wildman–Crippen LogP) is 12.0. The van der Waals surface area contributed by atoms with E-state index in [9.17, 15) is 30.4 Å². The standard InChI is InChI=1S/C58H58N4O12/c1-2-32-70-58-54(60(37-42-19-12-18-40-16-6-7-22-48(40)42)57(65)73-45-26-24-43(25-27-45)61(66)67)36-52(59-71-38-39-14-4-3-5-15-39)50-33-41(17-8-10-30-63)49(23-9-11-31-64)55(56(50)58)51-35-47(28-29-53(51)74-58)72-46-21-13-20-44(34-46)62(68)69/h2-7,12-16,18-22,24-29,33-35,41,49,54-56,63-64H,1,8-11,17,23,30-32,36-38H2/t41-,49+,54-,55+,56+,58+/m0/s1. The first kappa shape index (κ1) is 51.0. The topological polar surface area (TPSA) is 206 Å². The van der Waals surface area contributed by atoms with Gasteiger partial charge in [-0.25, -0.2) is 4.79 Å². The lowest BCUT2D eigenvalue weighted by molar-refractivity contribution is -0.385. The van der Waals surface area contributed by atoms with E-state index in [1.165, 1.54) is 36.4 Å². The van der Waals surface area contributed by atoms with Crippen LogP contribution in [0, 0.1) is 38.0 Å². The Balaban J connectivity index is 1.26. The number of allylic oxidation sites excluding steroid dienone is 1. The van der Waals surface area contributed by atoms with Crippen LogP contribution in [0.4, 0.5) is 16.2 Å². The molecule has 1 aliphatic heterocycles. The molecule has 1 saturated carbocycles. The summed E-state index contributed by atoms with van der Waals surface area (Å²) in [4.78, 5) is 45.8. The Bertz CT molecular complexity index is 3030. The summed E-state index contributed by atoms with van der Waals surface area (Å²) in [6.45, 7) is 4.24. The zero-order valence-electron chi connectivity index (χ0n) is 40.8. The van der Waals surface area contributed by atoms with Gasteiger partial charge in [-0.1, -0.05) is 109 Å². The fourth-order valence-corrected chi connectivity index (χ4v) is 11.0. The molecule has 0 unspecified atom stereocenters. The molecule has 6 aromatic rings. The molecule has 1 amide bonds. The van der Waals surface area contributed by atoms with E-state index >= 15 is 4.79 Å². The van der Waals surface area contributed by atoms with Crippen molar-refractivity contribution >= 4 is 34.0 Å². The highest BCUT2D eigenvalue weighted by Crippen LogP contribution is 2.62. The minimum absolute atomic E-state index is 0.00153. The van der Waals surface area contributed by atoms with Gasteiger partial charge in [0.15, 0.2) is 0 Å². The number of oxime groups is 1. The molecular formula is C58H58N4O12.